The lowest BCUT2D eigenvalue weighted by Crippen LogP contribution is -2.40. The van der Waals surface area contributed by atoms with Gasteiger partial charge in [-0.3, -0.25) is 0 Å². The molecule has 22 heavy (non-hydrogen) atoms. The van der Waals surface area contributed by atoms with Gasteiger partial charge in [0, 0.05) is 25.0 Å². The third kappa shape index (κ3) is 3.96. The summed E-state index contributed by atoms with van der Waals surface area (Å²) in [6.45, 7) is 4.96. The summed E-state index contributed by atoms with van der Waals surface area (Å²) in [5, 5.41) is 0. The average molecular weight is 320 g/mol. The summed E-state index contributed by atoms with van der Waals surface area (Å²) in [4.78, 5) is 9.63. The van der Waals surface area contributed by atoms with Gasteiger partial charge in [-0.25, -0.2) is 4.98 Å². The van der Waals surface area contributed by atoms with E-state index in [2.05, 4.69) is 46.4 Å². The molecule has 2 saturated heterocycles. The number of thioether (sulfide) groups is 1. The lowest BCUT2D eigenvalue weighted by atomic mass is 9.79. The van der Waals surface area contributed by atoms with Gasteiger partial charge in [-0.2, -0.15) is 11.8 Å². The lowest BCUT2D eigenvalue weighted by Gasteiger charge is -2.39. The van der Waals surface area contributed by atoms with E-state index in [1.165, 1.54) is 63.2 Å². The number of rotatable bonds is 4. The van der Waals surface area contributed by atoms with Crippen molar-refractivity contribution in [3.8, 4) is 0 Å². The quantitative estimate of drug-likeness (QED) is 0.845. The Kier molecular flexibility index (Phi) is 5.64. The fraction of sp³-hybridized carbons (Fsp3) is 0.722. The van der Waals surface area contributed by atoms with Crippen molar-refractivity contribution in [1.29, 1.82) is 0 Å². The topological polar surface area (TPSA) is 19.4 Å². The number of aromatic nitrogens is 1. The Hall–Kier alpha value is -0.740. The van der Waals surface area contributed by atoms with Crippen molar-refractivity contribution < 1.29 is 0 Å². The molecule has 1 aromatic rings. The van der Waals surface area contributed by atoms with Crippen LogP contribution >= 0.6 is 11.8 Å². The molecule has 0 radical (unpaired) electrons. The van der Waals surface area contributed by atoms with Crippen LogP contribution < -0.4 is 4.90 Å². The maximum Gasteiger partial charge on any atom is 0.128 e. The fourth-order valence-corrected chi connectivity index (χ4v) is 4.46. The van der Waals surface area contributed by atoms with E-state index in [0.717, 1.165) is 17.6 Å². The second kappa shape index (κ2) is 7.69. The highest BCUT2D eigenvalue weighted by atomic mass is 32.2. The smallest absolute Gasteiger partial charge is 0.128 e. The highest BCUT2D eigenvalue weighted by molar-refractivity contribution is 7.97. The molecule has 0 amide bonds. The Balaban J connectivity index is 1.50. The molecule has 0 unspecified atom stereocenters. The van der Waals surface area contributed by atoms with Crippen LogP contribution in [0.3, 0.4) is 0 Å². The summed E-state index contributed by atoms with van der Waals surface area (Å²) in [6.07, 6.45) is 9.70. The van der Waals surface area contributed by atoms with Gasteiger partial charge in [-0.05, 0) is 75.5 Å². The Morgan fingerprint density at radius 3 is 2.23 bits per heavy atom. The molecule has 0 saturated carbocycles. The second-order valence-electron chi connectivity index (χ2n) is 6.92. The zero-order chi connectivity index (χ0) is 15.4. The molecule has 2 fully saturated rings. The number of piperidine rings is 2. The SMILES string of the molecule is CSCc1ccc(N2CCC(C3CCN(C)CC3)CC2)nc1. The molecule has 3 nitrogen and oxygen atoms in total. The molecule has 0 atom stereocenters. The van der Waals surface area contributed by atoms with Crippen LogP contribution in [-0.2, 0) is 5.75 Å². The minimum absolute atomic E-state index is 0.945. The molecule has 4 heteroatoms. The molecule has 3 rings (SSSR count). The third-order valence-electron chi connectivity index (χ3n) is 5.41. The highest BCUT2D eigenvalue weighted by Gasteiger charge is 2.29. The first kappa shape index (κ1) is 16.1. The number of nitrogens with zero attached hydrogens (tertiary/aromatic N) is 3. The van der Waals surface area contributed by atoms with E-state index in [-0.39, 0.29) is 0 Å². The molecule has 0 aromatic carbocycles. The average Bonchev–Trinajstić information content (AvgIpc) is 2.57. The van der Waals surface area contributed by atoms with Crippen LogP contribution in [0.15, 0.2) is 18.3 Å². The number of pyridine rings is 1. The van der Waals surface area contributed by atoms with Crippen molar-refractivity contribution in [3.63, 3.8) is 0 Å². The summed E-state index contributed by atoms with van der Waals surface area (Å²) in [7, 11) is 2.26. The van der Waals surface area contributed by atoms with Gasteiger partial charge in [0.15, 0.2) is 0 Å². The Morgan fingerprint density at radius 2 is 1.68 bits per heavy atom. The predicted octanol–water partition coefficient (Wildman–Crippen LogP) is 3.50. The summed E-state index contributed by atoms with van der Waals surface area (Å²) >= 11 is 1.86. The zero-order valence-electron chi connectivity index (χ0n) is 14.0. The van der Waals surface area contributed by atoms with Crippen molar-refractivity contribution in [2.45, 2.75) is 31.4 Å². The van der Waals surface area contributed by atoms with Crippen molar-refractivity contribution in [2.75, 3.05) is 44.4 Å². The number of likely N-dealkylation sites (tertiary alicyclic amines) is 1. The van der Waals surface area contributed by atoms with Crippen molar-refractivity contribution >= 4 is 17.6 Å². The van der Waals surface area contributed by atoms with Gasteiger partial charge in [-0.1, -0.05) is 6.07 Å². The normalized spacial score (nSPS) is 22.2. The van der Waals surface area contributed by atoms with Gasteiger partial charge in [0.25, 0.3) is 0 Å². The molecule has 0 aliphatic carbocycles. The first-order valence-electron chi connectivity index (χ1n) is 8.63. The van der Waals surface area contributed by atoms with Crippen LogP contribution in [0.2, 0.25) is 0 Å². The Labute approximate surface area is 139 Å². The molecule has 0 N–H and O–H groups in total. The first-order chi connectivity index (χ1) is 10.8. The molecule has 2 aliphatic heterocycles. The standard InChI is InChI=1S/C18H29N3S/c1-20-9-5-16(6-10-20)17-7-11-21(12-8-17)18-4-3-15(13-19-18)14-22-2/h3-4,13,16-17H,5-12,14H2,1-2H3. The van der Waals surface area contributed by atoms with Crippen LogP contribution in [0.25, 0.3) is 0 Å². The maximum absolute atomic E-state index is 4.67. The summed E-state index contributed by atoms with van der Waals surface area (Å²) < 4.78 is 0. The van der Waals surface area contributed by atoms with Crippen LogP contribution in [-0.4, -0.2) is 49.4 Å². The minimum Gasteiger partial charge on any atom is -0.357 e. The third-order valence-corrected chi connectivity index (χ3v) is 6.04. The predicted molar refractivity (Wildman–Crippen MR) is 96.6 cm³/mol. The molecular weight excluding hydrogens is 290 g/mol. The van der Waals surface area contributed by atoms with Crippen LogP contribution in [0.1, 0.15) is 31.2 Å². The summed E-state index contributed by atoms with van der Waals surface area (Å²) in [6, 6.07) is 4.45. The van der Waals surface area contributed by atoms with Crippen LogP contribution in [0.5, 0.6) is 0 Å². The van der Waals surface area contributed by atoms with E-state index in [0.29, 0.717) is 0 Å². The van der Waals surface area contributed by atoms with Crippen LogP contribution in [0.4, 0.5) is 5.82 Å². The van der Waals surface area contributed by atoms with Crippen LogP contribution in [0, 0.1) is 11.8 Å². The Morgan fingerprint density at radius 1 is 1.05 bits per heavy atom. The molecule has 0 spiro atoms. The fourth-order valence-electron chi connectivity index (χ4n) is 3.96. The van der Waals surface area contributed by atoms with E-state index in [1.54, 1.807) is 0 Å². The van der Waals surface area contributed by atoms with E-state index in [4.69, 9.17) is 0 Å². The zero-order valence-corrected chi connectivity index (χ0v) is 14.8. The minimum atomic E-state index is 0.945. The molecule has 0 bridgehead atoms. The second-order valence-corrected chi connectivity index (χ2v) is 7.79. The first-order valence-corrected chi connectivity index (χ1v) is 10.0. The summed E-state index contributed by atoms with van der Waals surface area (Å²) in [5.74, 6) is 4.15. The molecular formula is C18H29N3S. The molecule has 122 valence electrons. The van der Waals surface area contributed by atoms with Gasteiger partial charge < -0.3 is 9.80 Å². The number of hydrogen-bond acceptors (Lipinski definition) is 4. The largest absolute Gasteiger partial charge is 0.357 e. The van der Waals surface area contributed by atoms with Crippen molar-refractivity contribution in [2.24, 2.45) is 11.8 Å². The van der Waals surface area contributed by atoms with E-state index < -0.39 is 0 Å². The maximum atomic E-state index is 4.67. The highest BCUT2D eigenvalue weighted by Crippen LogP contribution is 2.33. The van der Waals surface area contributed by atoms with Crippen molar-refractivity contribution in [3.05, 3.63) is 23.9 Å². The van der Waals surface area contributed by atoms with Gasteiger partial charge in [-0.15, -0.1) is 0 Å². The van der Waals surface area contributed by atoms with E-state index >= 15 is 0 Å². The van der Waals surface area contributed by atoms with Gasteiger partial charge in [0.05, 0.1) is 0 Å². The number of hydrogen-bond donors (Lipinski definition) is 0. The lowest BCUT2D eigenvalue weighted by molar-refractivity contribution is 0.154. The number of anilines is 1. The van der Waals surface area contributed by atoms with Gasteiger partial charge in [0.1, 0.15) is 5.82 Å². The summed E-state index contributed by atoms with van der Waals surface area (Å²) in [5.41, 5.74) is 1.33. The Bertz CT molecular complexity index is 446. The van der Waals surface area contributed by atoms with Gasteiger partial charge in [0.2, 0.25) is 0 Å². The van der Waals surface area contributed by atoms with E-state index in [1.807, 2.05) is 11.8 Å². The monoisotopic (exact) mass is 319 g/mol. The van der Waals surface area contributed by atoms with Gasteiger partial charge >= 0.3 is 0 Å². The molecule has 2 aliphatic rings. The molecule has 3 heterocycles. The molecule has 1 aromatic heterocycles. The van der Waals surface area contributed by atoms with Crippen molar-refractivity contribution in [1.82, 2.24) is 9.88 Å². The van der Waals surface area contributed by atoms with E-state index in [9.17, 15) is 0 Å².